The molecule has 0 heterocycles. The van der Waals surface area contributed by atoms with Gasteiger partial charge in [0.25, 0.3) is 0 Å². The molecule has 98 valence electrons. The minimum Gasteiger partial charge on any atom is -0.392 e. The number of hydrogen-bond donors (Lipinski definition) is 1. The maximum absolute atomic E-state index is 10.1. The molecule has 0 aromatic heterocycles. The number of rotatable bonds is 4. The van der Waals surface area contributed by atoms with Crippen molar-refractivity contribution >= 4 is 0 Å². The Labute approximate surface area is 107 Å². The van der Waals surface area contributed by atoms with Gasteiger partial charge in [-0.25, -0.2) is 0 Å². The maximum Gasteiger partial charge on any atom is 0.0617 e. The highest BCUT2D eigenvalue weighted by Gasteiger charge is 2.30. The van der Waals surface area contributed by atoms with Crippen LogP contribution in [0.3, 0.4) is 0 Å². The van der Waals surface area contributed by atoms with Gasteiger partial charge in [0.2, 0.25) is 0 Å². The zero-order valence-electron chi connectivity index (χ0n) is 12.2. The van der Waals surface area contributed by atoms with E-state index in [1.807, 2.05) is 32.0 Å². The Kier molecular flexibility index (Phi) is 7.13. The first-order valence-electron chi connectivity index (χ1n) is 6.65. The third-order valence-corrected chi connectivity index (χ3v) is 2.93. The van der Waals surface area contributed by atoms with Crippen molar-refractivity contribution in [1.29, 1.82) is 0 Å². The van der Waals surface area contributed by atoms with Gasteiger partial charge in [0.1, 0.15) is 0 Å². The average Bonchev–Trinajstić information content (AvgIpc) is 2.31. The van der Waals surface area contributed by atoms with E-state index in [1.54, 1.807) is 0 Å². The smallest absolute Gasteiger partial charge is 0.0617 e. The molecule has 1 rings (SSSR count). The largest absolute Gasteiger partial charge is 0.392 e. The molecule has 1 heteroatoms. The summed E-state index contributed by atoms with van der Waals surface area (Å²) in [6, 6.07) is 10.4. The first-order valence-corrected chi connectivity index (χ1v) is 6.65. The molecule has 0 bridgehead atoms. The Morgan fingerprint density at radius 3 is 1.94 bits per heavy atom. The zero-order valence-corrected chi connectivity index (χ0v) is 12.2. The second kappa shape index (κ2) is 7.50. The molecule has 1 aromatic rings. The van der Waals surface area contributed by atoms with Crippen molar-refractivity contribution in [3.63, 3.8) is 0 Å². The van der Waals surface area contributed by atoms with Crippen molar-refractivity contribution in [2.75, 3.05) is 0 Å². The first-order chi connectivity index (χ1) is 7.93. The summed E-state index contributed by atoms with van der Waals surface area (Å²) in [7, 11) is 0. The van der Waals surface area contributed by atoms with Crippen LogP contribution in [0.5, 0.6) is 0 Å². The van der Waals surface area contributed by atoms with Gasteiger partial charge in [-0.1, -0.05) is 71.9 Å². The molecule has 1 unspecified atom stereocenters. The van der Waals surface area contributed by atoms with E-state index < -0.39 is 0 Å². The number of hydrogen-bond acceptors (Lipinski definition) is 1. The second-order valence-electron chi connectivity index (χ2n) is 5.34. The summed E-state index contributed by atoms with van der Waals surface area (Å²) >= 11 is 0. The molecule has 0 saturated heterocycles. The van der Waals surface area contributed by atoms with Crippen LogP contribution in [0, 0.1) is 11.3 Å². The fourth-order valence-electron chi connectivity index (χ4n) is 2.13. The maximum atomic E-state index is 10.1. The molecule has 1 N–H and O–H groups in total. The summed E-state index contributed by atoms with van der Waals surface area (Å²) in [5, 5.41) is 10.1. The normalized spacial score (nSPS) is 12.9. The highest BCUT2D eigenvalue weighted by atomic mass is 16.3. The lowest BCUT2D eigenvalue weighted by Gasteiger charge is -2.33. The van der Waals surface area contributed by atoms with Gasteiger partial charge in [0.05, 0.1) is 6.10 Å². The van der Waals surface area contributed by atoms with Gasteiger partial charge >= 0.3 is 0 Å². The topological polar surface area (TPSA) is 20.2 Å². The van der Waals surface area contributed by atoms with Crippen LogP contribution in [-0.4, -0.2) is 11.2 Å². The van der Waals surface area contributed by atoms with E-state index in [0.717, 1.165) is 6.42 Å². The van der Waals surface area contributed by atoms with Crippen molar-refractivity contribution in [1.82, 2.24) is 0 Å². The number of aliphatic hydroxyl groups is 1. The van der Waals surface area contributed by atoms with Gasteiger partial charge in [-0.15, -0.1) is 0 Å². The molecule has 0 aliphatic carbocycles. The van der Waals surface area contributed by atoms with Crippen LogP contribution >= 0.6 is 0 Å². The monoisotopic (exact) mass is 236 g/mol. The lowest BCUT2D eigenvalue weighted by Crippen LogP contribution is -2.35. The molecule has 0 radical (unpaired) electrons. The van der Waals surface area contributed by atoms with Crippen molar-refractivity contribution < 1.29 is 5.11 Å². The minimum absolute atomic E-state index is 0.0600. The summed E-state index contributed by atoms with van der Waals surface area (Å²) < 4.78 is 0. The van der Waals surface area contributed by atoms with E-state index in [1.165, 1.54) is 5.56 Å². The molecule has 0 aliphatic rings. The van der Waals surface area contributed by atoms with Crippen LogP contribution in [0.1, 0.15) is 47.1 Å². The van der Waals surface area contributed by atoms with Crippen molar-refractivity contribution in [3.05, 3.63) is 35.9 Å². The fourth-order valence-corrected chi connectivity index (χ4v) is 2.13. The highest BCUT2D eigenvalue weighted by molar-refractivity contribution is 5.16. The van der Waals surface area contributed by atoms with E-state index in [4.69, 9.17) is 0 Å². The van der Waals surface area contributed by atoms with E-state index >= 15 is 0 Å². The van der Waals surface area contributed by atoms with E-state index in [0.29, 0.717) is 5.92 Å². The van der Waals surface area contributed by atoms with Crippen molar-refractivity contribution in [2.45, 2.75) is 54.1 Å². The van der Waals surface area contributed by atoms with Crippen LogP contribution in [0.4, 0.5) is 0 Å². The summed E-state index contributed by atoms with van der Waals surface area (Å²) in [5.74, 6) is 0.309. The molecular weight excluding hydrogens is 208 g/mol. The molecule has 1 atom stereocenters. The predicted octanol–water partition coefficient (Wildman–Crippen LogP) is 4.30. The molecule has 0 fully saturated rings. The highest BCUT2D eigenvalue weighted by Crippen LogP contribution is 2.30. The Hall–Kier alpha value is -0.820. The first kappa shape index (κ1) is 16.2. The molecule has 0 spiro atoms. The summed E-state index contributed by atoms with van der Waals surface area (Å²) in [6.07, 6.45) is 0.672. The third-order valence-electron chi connectivity index (χ3n) is 2.93. The van der Waals surface area contributed by atoms with Crippen LogP contribution in [-0.2, 0) is 6.42 Å². The van der Waals surface area contributed by atoms with Crippen molar-refractivity contribution in [2.24, 2.45) is 11.3 Å². The molecule has 0 saturated carbocycles. The van der Waals surface area contributed by atoms with Crippen molar-refractivity contribution in [3.8, 4) is 0 Å². The van der Waals surface area contributed by atoms with E-state index in [9.17, 15) is 5.11 Å². The molecule has 0 aliphatic heterocycles. The SMILES string of the molecule is CC.CC(C)C(O)C(C)(C)Cc1ccccc1. The lowest BCUT2D eigenvalue weighted by atomic mass is 9.76. The summed E-state index contributed by atoms with van der Waals surface area (Å²) in [5.41, 5.74) is 1.23. The minimum atomic E-state index is -0.252. The zero-order chi connectivity index (χ0) is 13.5. The second-order valence-corrected chi connectivity index (χ2v) is 5.34. The third kappa shape index (κ3) is 5.36. The van der Waals surface area contributed by atoms with Gasteiger partial charge < -0.3 is 5.11 Å². The Balaban J connectivity index is 0.00000121. The lowest BCUT2D eigenvalue weighted by molar-refractivity contribution is 0.0134. The van der Waals surface area contributed by atoms with Gasteiger partial charge in [0.15, 0.2) is 0 Å². The van der Waals surface area contributed by atoms with E-state index in [-0.39, 0.29) is 11.5 Å². The van der Waals surface area contributed by atoms with Gasteiger partial charge in [-0.2, -0.15) is 0 Å². The molecule has 17 heavy (non-hydrogen) atoms. The number of aliphatic hydroxyl groups excluding tert-OH is 1. The fraction of sp³-hybridized carbons (Fsp3) is 0.625. The van der Waals surface area contributed by atoms with Crippen LogP contribution < -0.4 is 0 Å². The van der Waals surface area contributed by atoms with Gasteiger partial charge in [-0.05, 0) is 23.3 Å². The van der Waals surface area contributed by atoms with Crippen LogP contribution in [0.2, 0.25) is 0 Å². The molecule has 0 amide bonds. The van der Waals surface area contributed by atoms with Crippen LogP contribution in [0.15, 0.2) is 30.3 Å². The predicted molar refractivity (Wildman–Crippen MR) is 76.1 cm³/mol. The number of benzene rings is 1. The molecule has 1 aromatic carbocycles. The van der Waals surface area contributed by atoms with Crippen LogP contribution in [0.25, 0.3) is 0 Å². The quantitative estimate of drug-likeness (QED) is 0.826. The standard InChI is InChI=1S/C14H22O.C2H6/c1-11(2)13(15)14(3,4)10-12-8-6-5-7-9-12;1-2/h5-9,11,13,15H,10H2,1-4H3;1-2H3. The Bertz CT molecular complexity index is 288. The molecular formula is C16H28O. The van der Waals surface area contributed by atoms with E-state index in [2.05, 4.69) is 39.8 Å². The Morgan fingerprint density at radius 2 is 1.53 bits per heavy atom. The summed E-state index contributed by atoms with van der Waals surface area (Å²) in [4.78, 5) is 0. The Morgan fingerprint density at radius 1 is 1.06 bits per heavy atom. The van der Waals surface area contributed by atoms with Gasteiger partial charge in [0, 0.05) is 0 Å². The van der Waals surface area contributed by atoms with Gasteiger partial charge in [-0.3, -0.25) is 0 Å². The summed E-state index contributed by atoms with van der Waals surface area (Å²) in [6.45, 7) is 12.4. The molecule has 1 nitrogen and oxygen atoms in total. The average molecular weight is 236 g/mol.